The van der Waals surface area contributed by atoms with Crippen molar-refractivity contribution in [1.82, 2.24) is 0 Å². The second kappa shape index (κ2) is 5.69. The average molecular weight is 263 g/mol. The summed E-state index contributed by atoms with van der Waals surface area (Å²) in [7, 11) is 0. The van der Waals surface area contributed by atoms with Gasteiger partial charge in [0, 0.05) is 5.56 Å². The lowest BCUT2D eigenvalue weighted by molar-refractivity contribution is 0.300. The van der Waals surface area contributed by atoms with Crippen LogP contribution in [0.4, 0.5) is 14.5 Å². The number of hydrogen-bond donors (Lipinski definition) is 1. The Hall–Kier alpha value is -2.10. The smallest absolute Gasteiger partial charge is 0.142 e. The van der Waals surface area contributed by atoms with E-state index in [0.717, 1.165) is 30.2 Å². The molecule has 0 aromatic heterocycles. The summed E-state index contributed by atoms with van der Waals surface area (Å²) in [6, 6.07) is 8.73. The van der Waals surface area contributed by atoms with Crippen LogP contribution in [-0.2, 0) is 13.0 Å². The predicted molar refractivity (Wildman–Crippen MR) is 70.9 cm³/mol. The van der Waals surface area contributed by atoms with Gasteiger partial charge in [0.15, 0.2) is 0 Å². The van der Waals surface area contributed by atoms with Crippen LogP contribution >= 0.6 is 0 Å². The van der Waals surface area contributed by atoms with Gasteiger partial charge in [0.05, 0.1) is 5.69 Å². The summed E-state index contributed by atoms with van der Waals surface area (Å²) in [4.78, 5) is 0. The van der Waals surface area contributed by atoms with Gasteiger partial charge in [0.25, 0.3) is 0 Å². The van der Waals surface area contributed by atoms with Crippen molar-refractivity contribution < 1.29 is 13.5 Å². The van der Waals surface area contributed by atoms with E-state index in [-0.39, 0.29) is 12.2 Å². The van der Waals surface area contributed by atoms with E-state index >= 15 is 0 Å². The number of nitrogens with two attached hydrogens (primary N) is 1. The maximum atomic E-state index is 13.4. The van der Waals surface area contributed by atoms with E-state index < -0.39 is 11.6 Å². The number of hydrogen-bond acceptors (Lipinski definition) is 2. The Morgan fingerprint density at radius 2 is 1.89 bits per heavy atom. The van der Waals surface area contributed by atoms with Gasteiger partial charge in [0.2, 0.25) is 0 Å². The number of rotatable bonds is 4. The molecule has 19 heavy (non-hydrogen) atoms. The first-order valence-electron chi connectivity index (χ1n) is 6.05. The molecule has 100 valence electrons. The van der Waals surface area contributed by atoms with Crippen LogP contribution in [0.25, 0.3) is 0 Å². The highest BCUT2D eigenvalue weighted by Gasteiger charge is 2.07. The van der Waals surface area contributed by atoms with Gasteiger partial charge >= 0.3 is 0 Å². The van der Waals surface area contributed by atoms with E-state index in [2.05, 4.69) is 0 Å². The quantitative estimate of drug-likeness (QED) is 0.854. The zero-order chi connectivity index (χ0) is 13.8. The molecule has 2 nitrogen and oxygen atoms in total. The molecule has 0 unspecified atom stereocenters. The molecule has 0 spiro atoms. The number of halogens is 2. The normalized spacial score (nSPS) is 10.5. The van der Waals surface area contributed by atoms with Crippen molar-refractivity contribution in [3.05, 3.63) is 59.2 Å². The minimum Gasteiger partial charge on any atom is -0.487 e. The fraction of sp³-hybridized carbons (Fsp3) is 0.200. The second-order valence-corrected chi connectivity index (χ2v) is 4.25. The number of benzene rings is 2. The highest BCUT2D eigenvalue weighted by Crippen LogP contribution is 2.24. The Morgan fingerprint density at radius 1 is 1.11 bits per heavy atom. The lowest BCUT2D eigenvalue weighted by Crippen LogP contribution is -2.02. The Bertz CT molecular complexity index is 584. The molecular formula is C15H15F2NO. The van der Waals surface area contributed by atoms with Gasteiger partial charge in [-0.2, -0.15) is 0 Å². The molecule has 0 fully saturated rings. The van der Waals surface area contributed by atoms with Gasteiger partial charge in [-0.15, -0.1) is 0 Å². The topological polar surface area (TPSA) is 35.2 Å². The zero-order valence-electron chi connectivity index (χ0n) is 10.6. The summed E-state index contributed by atoms with van der Waals surface area (Å²) < 4.78 is 31.8. The monoisotopic (exact) mass is 263 g/mol. The summed E-state index contributed by atoms with van der Waals surface area (Å²) in [5, 5.41) is 0. The molecule has 0 aliphatic carbocycles. The number of anilines is 1. The molecule has 0 amide bonds. The Morgan fingerprint density at radius 3 is 2.58 bits per heavy atom. The van der Waals surface area contributed by atoms with Crippen molar-refractivity contribution in [3.63, 3.8) is 0 Å². The molecule has 4 heteroatoms. The van der Waals surface area contributed by atoms with Gasteiger partial charge < -0.3 is 10.5 Å². The van der Waals surface area contributed by atoms with Gasteiger partial charge in [-0.3, -0.25) is 0 Å². The van der Waals surface area contributed by atoms with Crippen molar-refractivity contribution in [2.24, 2.45) is 0 Å². The third-order valence-electron chi connectivity index (χ3n) is 2.87. The molecule has 0 aliphatic rings. The van der Waals surface area contributed by atoms with Crippen LogP contribution in [0.3, 0.4) is 0 Å². The van der Waals surface area contributed by atoms with Crippen LogP contribution in [0.2, 0.25) is 0 Å². The molecule has 0 aliphatic heterocycles. The van der Waals surface area contributed by atoms with Crippen molar-refractivity contribution in [2.75, 3.05) is 5.73 Å². The van der Waals surface area contributed by atoms with Crippen LogP contribution in [0, 0.1) is 11.6 Å². The predicted octanol–water partition coefficient (Wildman–Crippen LogP) is 3.69. The Balaban J connectivity index is 2.12. The van der Waals surface area contributed by atoms with E-state index in [1.165, 1.54) is 0 Å². The molecular weight excluding hydrogens is 248 g/mol. The van der Waals surface area contributed by atoms with Gasteiger partial charge in [0.1, 0.15) is 24.0 Å². The fourth-order valence-corrected chi connectivity index (χ4v) is 1.76. The van der Waals surface area contributed by atoms with Gasteiger partial charge in [-0.1, -0.05) is 13.0 Å². The lowest BCUT2D eigenvalue weighted by Gasteiger charge is -2.10. The van der Waals surface area contributed by atoms with E-state index in [4.69, 9.17) is 10.5 Å². The molecule has 0 saturated heterocycles. The summed E-state index contributed by atoms with van der Waals surface area (Å²) in [5.41, 5.74) is 7.60. The first-order valence-corrected chi connectivity index (χ1v) is 6.05. The molecule has 0 radical (unpaired) electrons. The van der Waals surface area contributed by atoms with E-state index in [0.29, 0.717) is 11.4 Å². The highest BCUT2D eigenvalue weighted by molar-refractivity contribution is 5.54. The lowest BCUT2D eigenvalue weighted by atomic mass is 10.1. The Labute approximate surface area is 110 Å². The molecule has 0 atom stereocenters. The zero-order valence-corrected chi connectivity index (χ0v) is 10.6. The van der Waals surface area contributed by atoms with Crippen LogP contribution in [0.1, 0.15) is 18.1 Å². The summed E-state index contributed by atoms with van der Waals surface area (Å²) in [6.45, 7) is 1.97. The molecule has 0 bridgehead atoms. The van der Waals surface area contributed by atoms with Crippen molar-refractivity contribution in [2.45, 2.75) is 20.0 Å². The van der Waals surface area contributed by atoms with Crippen molar-refractivity contribution in [1.29, 1.82) is 0 Å². The van der Waals surface area contributed by atoms with Gasteiger partial charge in [-0.25, -0.2) is 8.78 Å². The molecule has 2 aromatic rings. The number of ether oxygens (including phenoxy) is 1. The van der Waals surface area contributed by atoms with Crippen LogP contribution < -0.4 is 10.5 Å². The summed E-state index contributed by atoms with van der Waals surface area (Å²) in [6.07, 6.45) is 0.878. The standard InChI is InChI=1S/C15H15F2NO/c1-2-10-3-6-15(14(18)7-10)19-9-11-8-12(16)4-5-13(11)17/h3-8H,2,9,18H2,1H3. The fourth-order valence-electron chi connectivity index (χ4n) is 1.76. The van der Waals surface area contributed by atoms with E-state index in [1.807, 2.05) is 19.1 Å². The number of aryl methyl sites for hydroxylation is 1. The molecule has 2 aromatic carbocycles. The first kappa shape index (κ1) is 13.3. The molecule has 2 rings (SSSR count). The highest BCUT2D eigenvalue weighted by atomic mass is 19.1. The number of nitrogen functional groups attached to an aromatic ring is 1. The molecule has 2 N–H and O–H groups in total. The van der Waals surface area contributed by atoms with Crippen molar-refractivity contribution in [3.8, 4) is 5.75 Å². The average Bonchev–Trinajstić information content (AvgIpc) is 2.40. The summed E-state index contributed by atoms with van der Waals surface area (Å²) >= 11 is 0. The summed E-state index contributed by atoms with van der Waals surface area (Å²) in [5.74, 6) is -0.514. The van der Waals surface area contributed by atoms with Crippen molar-refractivity contribution >= 4 is 5.69 Å². The first-order chi connectivity index (χ1) is 9.10. The third kappa shape index (κ3) is 3.22. The van der Waals surface area contributed by atoms with Crippen LogP contribution in [0.5, 0.6) is 5.75 Å². The molecule has 0 heterocycles. The van der Waals surface area contributed by atoms with E-state index in [9.17, 15) is 8.78 Å². The van der Waals surface area contributed by atoms with Gasteiger partial charge in [-0.05, 0) is 42.3 Å². The maximum Gasteiger partial charge on any atom is 0.142 e. The van der Waals surface area contributed by atoms with Crippen LogP contribution in [0.15, 0.2) is 36.4 Å². The van der Waals surface area contributed by atoms with Crippen LogP contribution in [-0.4, -0.2) is 0 Å². The molecule has 0 saturated carbocycles. The minimum atomic E-state index is -0.495. The largest absolute Gasteiger partial charge is 0.487 e. The van der Waals surface area contributed by atoms with E-state index in [1.54, 1.807) is 6.07 Å². The second-order valence-electron chi connectivity index (χ2n) is 4.25. The SMILES string of the molecule is CCc1ccc(OCc2cc(F)ccc2F)c(N)c1. The Kier molecular flexibility index (Phi) is 4.00. The third-order valence-corrected chi connectivity index (χ3v) is 2.87. The maximum absolute atomic E-state index is 13.4. The minimum absolute atomic E-state index is 0.0563.